The minimum Gasteiger partial charge on any atom is -0.411 e. The van der Waals surface area contributed by atoms with E-state index in [1.807, 2.05) is 0 Å². The lowest BCUT2D eigenvalue weighted by Crippen LogP contribution is -2.58. The van der Waals surface area contributed by atoms with Gasteiger partial charge in [0.05, 0.1) is 0 Å². The number of fused-ring (bicyclic) bond motifs is 6. The molecule has 0 radical (unpaired) electrons. The van der Waals surface area contributed by atoms with E-state index in [4.69, 9.17) is 10.2 Å². The lowest BCUT2D eigenvalue weighted by molar-refractivity contribution is -0.373. The topological polar surface area (TPSA) is 88.4 Å². The largest absolute Gasteiger partial charge is 0.426 e. The highest BCUT2D eigenvalue weighted by atomic mass is 28.4. The molecule has 6 nitrogen and oxygen atoms in total. The van der Waals surface area contributed by atoms with Crippen LogP contribution in [0.25, 0.3) is 0 Å². The highest BCUT2D eigenvalue weighted by Crippen LogP contribution is 2.56. The molecule has 6 rings (SSSR count). The second-order valence-corrected chi connectivity index (χ2v) is 34.3. The average molecular weight is 1280 g/mol. The second-order valence-electron chi connectivity index (χ2n) is 22.3. The van der Waals surface area contributed by atoms with Crippen LogP contribution in [-0.4, -0.2) is 121 Å². The molecule has 0 aromatic heterocycles. The molecule has 492 valence electrons. The Hall–Kier alpha value is -1.06. The molecule has 0 heterocycles. The standard InChI is InChI=1S/C11H14F6O.C11H17F3O.C10H15F3O.3C4H9F3OSi.6CH4/c12-10(13,14)9(18,11(15,16)17)5-8-4-6-1-2-7(8)3-6;1-10(15,11(12,13)14)6-9-5-7-2-3-8(9)4-7;11-10(12,13)9(14)5-8-4-6-1-2-7(8)3-6;3*1-8-9(2,3)4(5,6)7;;;;;;/h6-8,18H,1-5H2;7-9,15H,2-6H2,1H3;6-9,14H,1-5H2;3*1-3H3;6*1H4. The van der Waals surface area contributed by atoms with E-state index in [0.29, 0.717) is 42.9 Å². The van der Waals surface area contributed by atoms with E-state index in [0.717, 1.165) is 112 Å². The normalized spacial score (nSPS) is 26.4. The predicted octanol–water partition coefficient (Wildman–Crippen LogP) is 19.2. The van der Waals surface area contributed by atoms with Gasteiger partial charge in [0.2, 0.25) is 0 Å². The summed E-state index contributed by atoms with van der Waals surface area (Å²) >= 11 is 0. The number of aliphatic hydroxyl groups excluding tert-OH is 1. The van der Waals surface area contributed by atoms with Crippen LogP contribution in [0.4, 0.5) is 92.2 Å². The van der Waals surface area contributed by atoms with Crippen molar-refractivity contribution in [2.45, 2.75) is 246 Å². The molecule has 0 saturated heterocycles. The summed E-state index contributed by atoms with van der Waals surface area (Å²) in [6, 6.07) is 0. The predicted molar refractivity (Wildman–Crippen MR) is 278 cm³/mol. The number of rotatable bonds is 9. The second kappa shape index (κ2) is 32.6. The van der Waals surface area contributed by atoms with Crippen molar-refractivity contribution in [1.29, 1.82) is 0 Å². The van der Waals surface area contributed by atoms with Crippen molar-refractivity contribution in [3.8, 4) is 0 Å². The SMILES string of the molecule is C.C.C.C.C.C.CC(O)(CC1CC2CCC1C2)C(F)(F)F.CO[Si](C)(C)C(F)(F)F.CO[Si](C)(C)C(F)(F)F.CO[Si](C)(C)C(F)(F)F.OC(CC1CC2CCC1C2)(C(F)(F)F)C(F)(F)F.OC(CC1CC2CCC1C2)C(F)(F)F. The Bertz CT molecular complexity index is 1610. The molecule has 30 heteroatoms. The molecule has 0 spiro atoms. The van der Waals surface area contributed by atoms with Gasteiger partial charge in [0.25, 0.3) is 5.60 Å². The zero-order valence-corrected chi connectivity index (χ0v) is 45.9. The Balaban J connectivity index is -0.000000207. The van der Waals surface area contributed by atoms with Crippen LogP contribution in [0.1, 0.15) is 148 Å². The van der Waals surface area contributed by atoms with Crippen LogP contribution in [0.15, 0.2) is 0 Å². The van der Waals surface area contributed by atoms with Gasteiger partial charge in [-0.2, -0.15) is 92.2 Å². The summed E-state index contributed by atoms with van der Waals surface area (Å²) in [7, 11) is -6.85. The smallest absolute Gasteiger partial charge is 0.411 e. The van der Waals surface area contributed by atoms with Crippen LogP contribution in [0.3, 0.4) is 0 Å². The van der Waals surface area contributed by atoms with Crippen molar-refractivity contribution in [2.24, 2.45) is 53.3 Å². The summed E-state index contributed by atoms with van der Waals surface area (Å²) in [6.07, 6.45) is -12.7. The van der Waals surface area contributed by atoms with Crippen LogP contribution in [0.5, 0.6) is 0 Å². The summed E-state index contributed by atoms with van der Waals surface area (Å²) in [5, 5.41) is 27.5. The maximum atomic E-state index is 12.5. The van der Waals surface area contributed by atoms with Crippen LogP contribution >= 0.6 is 0 Å². The maximum Gasteiger partial charge on any atom is 0.426 e. The maximum absolute atomic E-state index is 12.5. The van der Waals surface area contributed by atoms with Crippen molar-refractivity contribution in [3.05, 3.63) is 0 Å². The van der Waals surface area contributed by atoms with Crippen molar-refractivity contribution in [3.63, 3.8) is 0 Å². The fraction of sp³-hybridized carbons (Fsp3) is 1.00. The molecular weight excluding hydrogens is 1180 g/mol. The Morgan fingerprint density at radius 2 is 0.650 bits per heavy atom. The Morgan fingerprint density at radius 3 is 0.812 bits per heavy atom. The minimum absolute atomic E-state index is 0. The fourth-order valence-electron chi connectivity index (χ4n) is 10.1. The van der Waals surface area contributed by atoms with Gasteiger partial charge in [-0.15, -0.1) is 0 Å². The van der Waals surface area contributed by atoms with Gasteiger partial charge in [0.15, 0.2) is 5.60 Å². The van der Waals surface area contributed by atoms with Crippen LogP contribution in [0.2, 0.25) is 39.3 Å². The molecule has 11 unspecified atom stereocenters. The first-order valence-corrected chi connectivity index (χ1v) is 32.7. The zero-order valence-electron chi connectivity index (χ0n) is 42.9. The molecule has 6 bridgehead atoms. The summed E-state index contributed by atoms with van der Waals surface area (Å²) in [5.41, 5.74) is -7.06. The molecule has 3 N–H and O–H groups in total. The van der Waals surface area contributed by atoms with Gasteiger partial charge in [0.1, 0.15) is 6.10 Å². The highest BCUT2D eigenvalue weighted by molar-refractivity contribution is 6.73. The first-order chi connectivity index (χ1) is 32.7. The molecule has 0 aliphatic heterocycles. The van der Waals surface area contributed by atoms with E-state index in [9.17, 15) is 97.3 Å². The number of hydrogen-bond donors (Lipinski definition) is 3. The van der Waals surface area contributed by atoms with E-state index in [-0.39, 0.29) is 81.1 Å². The fourth-order valence-corrected chi connectivity index (χ4v) is 10.8. The number of alkyl halides is 21. The van der Waals surface area contributed by atoms with Gasteiger partial charge in [-0.05, 0) is 177 Å². The third-order valence-electron chi connectivity index (χ3n) is 15.9. The molecule has 11 atom stereocenters. The first-order valence-electron chi connectivity index (χ1n) is 24.0. The summed E-state index contributed by atoms with van der Waals surface area (Å²) in [4.78, 5) is 0. The molecule has 80 heavy (non-hydrogen) atoms. The average Bonchev–Trinajstić information content (AvgIpc) is 4.10. The van der Waals surface area contributed by atoms with Crippen LogP contribution < -0.4 is 0 Å². The van der Waals surface area contributed by atoms with E-state index in [1.165, 1.54) is 12.8 Å². The van der Waals surface area contributed by atoms with Crippen molar-refractivity contribution in [2.75, 3.05) is 21.3 Å². The number of aliphatic hydroxyl groups is 3. The Morgan fingerprint density at radius 1 is 0.400 bits per heavy atom. The van der Waals surface area contributed by atoms with Gasteiger partial charge in [0, 0.05) is 21.3 Å². The molecule has 0 amide bonds. The third-order valence-corrected chi connectivity index (χ3v) is 23.1. The van der Waals surface area contributed by atoms with Crippen LogP contribution in [0, 0.1) is 53.3 Å². The van der Waals surface area contributed by atoms with Gasteiger partial charge in [-0.3, -0.25) is 0 Å². The molecule has 6 fully saturated rings. The number of hydrogen-bond acceptors (Lipinski definition) is 6. The summed E-state index contributed by atoms with van der Waals surface area (Å²) in [6.45, 7) is 7.61. The van der Waals surface area contributed by atoms with Gasteiger partial charge in [-0.25, -0.2) is 0 Å². The van der Waals surface area contributed by atoms with E-state index >= 15 is 0 Å². The number of halogens is 21. The molecular formula is C50H97F21O6Si3. The van der Waals surface area contributed by atoms with Gasteiger partial charge in [-0.1, -0.05) is 63.8 Å². The first kappa shape index (κ1) is 90.1. The monoisotopic (exact) mass is 1280 g/mol. The summed E-state index contributed by atoms with van der Waals surface area (Å²) < 4.78 is 268. The molecule has 6 aliphatic carbocycles. The Labute approximate surface area is 465 Å². The lowest BCUT2D eigenvalue weighted by atomic mass is 9.79. The lowest BCUT2D eigenvalue weighted by Gasteiger charge is -2.36. The molecule has 6 saturated carbocycles. The minimum atomic E-state index is -5.67. The van der Waals surface area contributed by atoms with Gasteiger partial charge < -0.3 is 28.6 Å². The molecule has 6 aliphatic rings. The summed E-state index contributed by atoms with van der Waals surface area (Å²) in [5.74, 6) is -10.6. The highest BCUT2D eigenvalue weighted by Gasteiger charge is 2.71. The van der Waals surface area contributed by atoms with Crippen LogP contribution in [-0.2, 0) is 13.3 Å². The van der Waals surface area contributed by atoms with E-state index in [2.05, 4.69) is 13.3 Å². The van der Waals surface area contributed by atoms with E-state index < -0.39 is 96.7 Å². The third kappa shape index (κ3) is 25.1. The van der Waals surface area contributed by atoms with Crippen molar-refractivity contribution < 1.29 is 121 Å². The van der Waals surface area contributed by atoms with Crippen molar-refractivity contribution in [1.82, 2.24) is 0 Å². The van der Waals surface area contributed by atoms with E-state index in [1.54, 1.807) is 0 Å². The molecule has 0 aromatic rings. The van der Waals surface area contributed by atoms with Gasteiger partial charge >= 0.3 is 67.1 Å². The van der Waals surface area contributed by atoms with Crippen molar-refractivity contribution >= 4 is 25.0 Å². The molecule has 0 aromatic carbocycles. The zero-order chi connectivity index (χ0) is 58.5. The quantitative estimate of drug-likeness (QED) is 0.157. The Kier molecular flexibility index (Phi) is 36.7.